The number of rotatable bonds is 6. The Kier molecular flexibility index (Phi) is 4.23. The van der Waals surface area contributed by atoms with Crippen molar-refractivity contribution in [2.45, 2.75) is 52.6 Å². The van der Waals surface area contributed by atoms with Crippen molar-refractivity contribution in [2.75, 3.05) is 11.4 Å². The van der Waals surface area contributed by atoms with Gasteiger partial charge >= 0.3 is 0 Å². The molecule has 100 valence electrons. The summed E-state index contributed by atoms with van der Waals surface area (Å²) in [4.78, 5) is 7.13. The normalized spacial score (nSPS) is 15.2. The van der Waals surface area contributed by atoms with E-state index in [4.69, 9.17) is 5.73 Å². The highest BCUT2D eigenvalue weighted by molar-refractivity contribution is 5.49. The van der Waals surface area contributed by atoms with Crippen LogP contribution in [0.2, 0.25) is 0 Å². The Balaban J connectivity index is 2.14. The first kappa shape index (κ1) is 13.3. The zero-order valence-electron chi connectivity index (χ0n) is 11.8. The molecule has 1 aliphatic rings. The second-order valence-corrected chi connectivity index (χ2v) is 5.80. The van der Waals surface area contributed by atoms with E-state index in [2.05, 4.69) is 36.7 Å². The monoisotopic (exact) mass is 247 g/mol. The molecule has 2 N–H and O–H groups in total. The molecule has 3 nitrogen and oxygen atoms in total. The Bertz CT molecular complexity index is 397. The van der Waals surface area contributed by atoms with E-state index in [1.807, 2.05) is 6.20 Å². The van der Waals surface area contributed by atoms with E-state index in [0.29, 0.717) is 6.54 Å². The molecule has 1 aliphatic carbocycles. The van der Waals surface area contributed by atoms with E-state index in [1.165, 1.54) is 24.8 Å². The van der Waals surface area contributed by atoms with Crippen LogP contribution in [0, 0.1) is 12.8 Å². The van der Waals surface area contributed by atoms with Gasteiger partial charge in [-0.2, -0.15) is 0 Å². The van der Waals surface area contributed by atoms with Crippen molar-refractivity contribution in [1.29, 1.82) is 0 Å². The van der Waals surface area contributed by atoms with Crippen molar-refractivity contribution in [1.82, 2.24) is 4.98 Å². The van der Waals surface area contributed by atoms with Gasteiger partial charge in [-0.3, -0.25) is 0 Å². The van der Waals surface area contributed by atoms with Crippen LogP contribution in [0.3, 0.4) is 0 Å². The average Bonchev–Trinajstić information content (AvgIpc) is 3.15. The average molecular weight is 247 g/mol. The van der Waals surface area contributed by atoms with Crippen LogP contribution in [0.4, 0.5) is 5.82 Å². The summed E-state index contributed by atoms with van der Waals surface area (Å²) >= 11 is 0. The van der Waals surface area contributed by atoms with Gasteiger partial charge in [-0.05, 0) is 49.3 Å². The molecule has 1 saturated carbocycles. The predicted octanol–water partition coefficient (Wildman–Crippen LogP) is 2.86. The third kappa shape index (κ3) is 3.22. The molecule has 0 atom stereocenters. The highest BCUT2D eigenvalue weighted by Gasteiger charge is 2.30. The molecule has 1 fully saturated rings. The van der Waals surface area contributed by atoms with Crippen molar-refractivity contribution < 1.29 is 0 Å². The van der Waals surface area contributed by atoms with Gasteiger partial charge in [0.1, 0.15) is 5.82 Å². The van der Waals surface area contributed by atoms with Crippen LogP contribution < -0.4 is 10.6 Å². The maximum Gasteiger partial charge on any atom is 0.131 e. The first-order valence-corrected chi connectivity index (χ1v) is 7.04. The van der Waals surface area contributed by atoms with Crippen LogP contribution >= 0.6 is 0 Å². The maximum atomic E-state index is 5.66. The quantitative estimate of drug-likeness (QED) is 0.840. The number of hydrogen-bond acceptors (Lipinski definition) is 3. The van der Waals surface area contributed by atoms with Crippen molar-refractivity contribution in [2.24, 2.45) is 11.7 Å². The topological polar surface area (TPSA) is 42.1 Å². The third-order valence-electron chi connectivity index (χ3n) is 3.55. The molecule has 0 radical (unpaired) electrons. The summed E-state index contributed by atoms with van der Waals surface area (Å²) in [7, 11) is 0. The molecular formula is C15H25N3. The predicted molar refractivity (Wildman–Crippen MR) is 76.7 cm³/mol. The standard InChI is InChI=1S/C15H25N3/c1-11(2)6-7-18(14-4-5-14)15-12(3)8-13(9-16)10-17-15/h8,10-11,14H,4-7,9,16H2,1-3H3. The van der Waals surface area contributed by atoms with Gasteiger partial charge in [-0.15, -0.1) is 0 Å². The van der Waals surface area contributed by atoms with Gasteiger partial charge in [0.05, 0.1) is 0 Å². The fourth-order valence-electron chi connectivity index (χ4n) is 2.28. The maximum absolute atomic E-state index is 5.66. The largest absolute Gasteiger partial charge is 0.353 e. The number of hydrogen-bond donors (Lipinski definition) is 1. The van der Waals surface area contributed by atoms with Crippen LogP contribution in [-0.4, -0.2) is 17.6 Å². The van der Waals surface area contributed by atoms with Gasteiger partial charge < -0.3 is 10.6 Å². The highest BCUT2D eigenvalue weighted by Crippen LogP contribution is 2.32. The molecule has 1 aromatic rings. The minimum absolute atomic E-state index is 0.573. The van der Waals surface area contributed by atoms with Crippen LogP contribution in [0.5, 0.6) is 0 Å². The molecule has 1 aromatic heterocycles. The van der Waals surface area contributed by atoms with E-state index in [9.17, 15) is 0 Å². The minimum Gasteiger partial charge on any atom is -0.353 e. The molecule has 18 heavy (non-hydrogen) atoms. The Labute approximate surface area is 110 Å². The summed E-state index contributed by atoms with van der Waals surface area (Å²) in [6.45, 7) is 8.40. The van der Waals surface area contributed by atoms with Crippen LogP contribution in [-0.2, 0) is 6.54 Å². The number of anilines is 1. The lowest BCUT2D eigenvalue weighted by Gasteiger charge is -2.26. The first-order valence-electron chi connectivity index (χ1n) is 7.04. The lowest BCUT2D eigenvalue weighted by molar-refractivity contribution is 0.568. The molecule has 0 amide bonds. The fourth-order valence-corrected chi connectivity index (χ4v) is 2.28. The van der Waals surface area contributed by atoms with Crippen LogP contribution in [0.15, 0.2) is 12.3 Å². The summed E-state index contributed by atoms with van der Waals surface area (Å²) in [6.07, 6.45) is 5.79. The van der Waals surface area contributed by atoms with Crippen molar-refractivity contribution in [3.8, 4) is 0 Å². The number of aryl methyl sites for hydroxylation is 1. The number of nitrogens with zero attached hydrogens (tertiary/aromatic N) is 2. The molecule has 0 aromatic carbocycles. The SMILES string of the molecule is Cc1cc(CN)cnc1N(CCC(C)C)C1CC1. The lowest BCUT2D eigenvalue weighted by Crippen LogP contribution is -2.29. The summed E-state index contributed by atoms with van der Waals surface area (Å²) in [5.41, 5.74) is 8.04. The second kappa shape index (κ2) is 5.70. The first-order chi connectivity index (χ1) is 8.61. The van der Waals surface area contributed by atoms with Gasteiger partial charge in [0.15, 0.2) is 0 Å². The van der Waals surface area contributed by atoms with E-state index < -0.39 is 0 Å². The summed E-state index contributed by atoms with van der Waals surface area (Å²) in [6, 6.07) is 2.89. The van der Waals surface area contributed by atoms with Gasteiger partial charge in [0.25, 0.3) is 0 Å². The molecule has 0 spiro atoms. The molecular weight excluding hydrogens is 222 g/mol. The zero-order valence-corrected chi connectivity index (χ0v) is 11.8. The molecule has 0 saturated heterocycles. The molecule has 0 unspecified atom stereocenters. The number of nitrogens with two attached hydrogens (primary N) is 1. The van der Waals surface area contributed by atoms with Crippen LogP contribution in [0.25, 0.3) is 0 Å². The Morgan fingerprint density at radius 1 is 1.44 bits per heavy atom. The van der Waals surface area contributed by atoms with E-state index >= 15 is 0 Å². The zero-order chi connectivity index (χ0) is 13.1. The van der Waals surface area contributed by atoms with E-state index in [1.54, 1.807) is 0 Å². The van der Waals surface area contributed by atoms with E-state index in [0.717, 1.165) is 29.9 Å². The van der Waals surface area contributed by atoms with Crippen molar-refractivity contribution in [3.05, 3.63) is 23.4 Å². The Morgan fingerprint density at radius 3 is 2.67 bits per heavy atom. The van der Waals surface area contributed by atoms with Gasteiger partial charge in [-0.1, -0.05) is 13.8 Å². The fraction of sp³-hybridized carbons (Fsp3) is 0.667. The highest BCUT2D eigenvalue weighted by atomic mass is 15.2. The molecule has 2 rings (SSSR count). The second-order valence-electron chi connectivity index (χ2n) is 5.80. The van der Waals surface area contributed by atoms with Gasteiger partial charge in [-0.25, -0.2) is 4.98 Å². The lowest BCUT2D eigenvalue weighted by atomic mass is 10.1. The third-order valence-corrected chi connectivity index (χ3v) is 3.55. The molecule has 1 heterocycles. The Morgan fingerprint density at radius 2 is 2.17 bits per heavy atom. The number of aromatic nitrogens is 1. The number of pyridine rings is 1. The summed E-state index contributed by atoms with van der Waals surface area (Å²) in [5, 5.41) is 0. The minimum atomic E-state index is 0.573. The van der Waals surface area contributed by atoms with Gasteiger partial charge in [0, 0.05) is 25.3 Å². The van der Waals surface area contributed by atoms with Gasteiger partial charge in [0.2, 0.25) is 0 Å². The Hall–Kier alpha value is -1.09. The summed E-state index contributed by atoms with van der Waals surface area (Å²) < 4.78 is 0. The van der Waals surface area contributed by atoms with Crippen molar-refractivity contribution in [3.63, 3.8) is 0 Å². The van der Waals surface area contributed by atoms with E-state index in [-0.39, 0.29) is 0 Å². The summed E-state index contributed by atoms with van der Waals surface area (Å²) in [5.74, 6) is 1.91. The molecule has 3 heteroatoms. The molecule has 0 bridgehead atoms. The van der Waals surface area contributed by atoms with Crippen molar-refractivity contribution >= 4 is 5.82 Å². The molecule has 0 aliphatic heterocycles. The van der Waals surface area contributed by atoms with Crippen LogP contribution in [0.1, 0.15) is 44.2 Å². The smallest absolute Gasteiger partial charge is 0.131 e.